The van der Waals surface area contributed by atoms with Crippen LogP contribution in [0, 0.1) is 13.8 Å². The van der Waals surface area contributed by atoms with E-state index >= 15 is 0 Å². The summed E-state index contributed by atoms with van der Waals surface area (Å²) in [6.07, 6.45) is 1.13. The number of hydrogen-bond acceptors (Lipinski definition) is 3. The molecule has 0 fully saturated rings. The predicted molar refractivity (Wildman–Crippen MR) is 67.7 cm³/mol. The van der Waals surface area contributed by atoms with Crippen LogP contribution in [0.15, 0.2) is 6.07 Å². The van der Waals surface area contributed by atoms with Crippen molar-refractivity contribution >= 4 is 0 Å². The van der Waals surface area contributed by atoms with E-state index in [1.165, 1.54) is 5.69 Å². The summed E-state index contributed by atoms with van der Waals surface area (Å²) in [6, 6.07) is 2.12. The molecule has 92 valence electrons. The van der Waals surface area contributed by atoms with Gasteiger partial charge in [0.2, 0.25) is 0 Å². The Morgan fingerprint density at radius 1 is 1.31 bits per heavy atom. The lowest BCUT2D eigenvalue weighted by molar-refractivity contribution is 0.397. The molecule has 1 heterocycles. The molecule has 1 aromatic rings. The molecule has 0 aromatic carbocycles. The summed E-state index contributed by atoms with van der Waals surface area (Å²) in [5.41, 5.74) is 2.36. The Morgan fingerprint density at radius 3 is 2.62 bits per heavy atom. The lowest BCUT2D eigenvalue weighted by Crippen LogP contribution is -2.27. The molecule has 0 saturated heterocycles. The maximum Gasteiger partial charge on any atom is 0.0596 e. The van der Waals surface area contributed by atoms with Crippen molar-refractivity contribution in [2.45, 2.75) is 26.8 Å². The minimum Gasteiger partial charge on any atom is -0.315 e. The van der Waals surface area contributed by atoms with E-state index in [2.05, 4.69) is 47.1 Å². The van der Waals surface area contributed by atoms with Crippen molar-refractivity contribution in [3.8, 4) is 0 Å². The van der Waals surface area contributed by atoms with E-state index in [0.29, 0.717) is 0 Å². The van der Waals surface area contributed by atoms with Gasteiger partial charge in [-0.3, -0.25) is 4.68 Å². The van der Waals surface area contributed by atoms with E-state index in [1.54, 1.807) is 0 Å². The van der Waals surface area contributed by atoms with E-state index in [4.69, 9.17) is 0 Å². The van der Waals surface area contributed by atoms with Gasteiger partial charge in [0.15, 0.2) is 0 Å². The smallest absolute Gasteiger partial charge is 0.0596 e. The quantitative estimate of drug-likeness (QED) is 0.703. The molecule has 0 aliphatic carbocycles. The molecule has 0 unspecified atom stereocenters. The summed E-state index contributed by atoms with van der Waals surface area (Å²) in [6.45, 7) is 8.38. The Balaban J connectivity index is 2.09. The SMILES string of the molecule is Cc1cc(C)n(CCCNCCN(C)C)n1. The molecule has 0 radical (unpaired) electrons. The highest BCUT2D eigenvalue weighted by molar-refractivity contribution is 5.06. The molecule has 0 bridgehead atoms. The highest BCUT2D eigenvalue weighted by Crippen LogP contribution is 2.01. The highest BCUT2D eigenvalue weighted by atomic mass is 15.3. The van der Waals surface area contributed by atoms with E-state index in [1.807, 2.05) is 6.92 Å². The highest BCUT2D eigenvalue weighted by Gasteiger charge is 1.99. The largest absolute Gasteiger partial charge is 0.315 e. The molecule has 0 aliphatic heterocycles. The first-order valence-electron chi connectivity index (χ1n) is 5.96. The van der Waals surface area contributed by atoms with Crippen LogP contribution in [-0.2, 0) is 6.54 Å². The molecule has 4 nitrogen and oxygen atoms in total. The number of aryl methyl sites for hydroxylation is 3. The molecule has 0 saturated carbocycles. The maximum atomic E-state index is 4.44. The molecule has 4 heteroatoms. The Morgan fingerprint density at radius 2 is 2.06 bits per heavy atom. The summed E-state index contributed by atoms with van der Waals surface area (Å²) >= 11 is 0. The molecule has 1 N–H and O–H groups in total. The third-order valence-corrected chi connectivity index (χ3v) is 2.56. The van der Waals surface area contributed by atoms with Crippen molar-refractivity contribution in [3.63, 3.8) is 0 Å². The van der Waals surface area contributed by atoms with E-state index < -0.39 is 0 Å². The molecular weight excluding hydrogens is 200 g/mol. The number of nitrogens with zero attached hydrogens (tertiary/aromatic N) is 3. The fourth-order valence-corrected chi connectivity index (χ4v) is 1.68. The fourth-order valence-electron chi connectivity index (χ4n) is 1.68. The van der Waals surface area contributed by atoms with Crippen LogP contribution in [0.3, 0.4) is 0 Å². The lowest BCUT2D eigenvalue weighted by Gasteiger charge is -2.10. The Hall–Kier alpha value is -0.870. The van der Waals surface area contributed by atoms with Gasteiger partial charge in [0, 0.05) is 25.3 Å². The number of rotatable bonds is 7. The monoisotopic (exact) mass is 224 g/mol. The minimum absolute atomic E-state index is 1.01. The topological polar surface area (TPSA) is 33.1 Å². The van der Waals surface area contributed by atoms with E-state index in [-0.39, 0.29) is 0 Å². The zero-order chi connectivity index (χ0) is 12.0. The van der Waals surface area contributed by atoms with Crippen LogP contribution in [0.5, 0.6) is 0 Å². The first-order valence-corrected chi connectivity index (χ1v) is 5.96. The van der Waals surface area contributed by atoms with Crippen molar-refractivity contribution in [2.24, 2.45) is 0 Å². The zero-order valence-corrected chi connectivity index (χ0v) is 11.0. The predicted octanol–water partition coefficient (Wildman–Crippen LogP) is 1.04. The fraction of sp³-hybridized carbons (Fsp3) is 0.750. The number of likely N-dealkylation sites (N-methyl/N-ethyl adjacent to an activating group) is 1. The summed E-state index contributed by atoms with van der Waals surface area (Å²) in [5.74, 6) is 0. The number of hydrogen-bond donors (Lipinski definition) is 1. The second kappa shape index (κ2) is 6.66. The van der Waals surface area contributed by atoms with Gasteiger partial charge < -0.3 is 10.2 Å². The van der Waals surface area contributed by atoms with Gasteiger partial charge in [-0.05, 0) is 47.0 Å². The van der Waals surface area contributed by atoms with Gasteiger partial charge >= 0.3 is 0 Å². The van der Waals surface area contributed by atoms with Crippen molar-refractivity contribution in [1.29, 1.82) is 0 Å². The van der Waals surface area contributed by atoms with Crippen LogP contribution < -0.4 is 5.32 Å². The Bertz CT molecular complexity index is 304. The summed E-state index contributed by atoms with van der Waals surface area (Å²) in [4.78, 5) is 2.19. The summed E-state index contributed by atoms with van der Waals surface area (Å²) < 4.78 is 2.09. The molecule has 1 rings (SSSR count). The van der Waals surface area contributed by atoms with Gasteiger partial charge in [0.05, 0.1) is 5.69 Å². The Labute approximate surface area is 98.6 Å². The standard InChI is InChI=1S/C12H24N4/c1-11-10-12(2)16(14-11)8-5-6-13-7-9-15(3)4/h10,13H,5-9H2,1-4H3. The van der Waals surface area contributed by atoms with Crippen molar-refractivity contribution in [2.75, 3.05) is 33.7 Å². The van der Waals surface area contributed by atoms with Crippen LogP contribution in [-0.4, -0.2) is 48.4 Å². The molecule has 1 aromatic heterocycles. The molecule has 0 amide bonds. The van der Waals surface area contributed by atoms with Crippen molar-refractivity contribution < 1.29 is 0 Å². The van der Waals surface area contributed by atoms with E-state index in [0.717, 1.165) is 38.3 Å². The van der Waals surface area contributed by atoms with Crippen molar-refractivity contribution in [3.05, 3.63) is 17.5 Å². The van der Waals surface area contributed by atoms with Crippen molar-refractivity contribution in [1.82, 2.24) is 20.0 Å². The van der Waals surface area contributed by atoms with Crippen LogP contribution in [0.25, 0.3) is 0 Å². The molecule has 16 heavy (non-hydrogen) atoms. The molecule has 0 spiro atoms. The van der Waals surface area contributed by atoms with Gasteiger partial charge in [-0.15, -0.1) is 0 Å². The first kappa shape index (κ1) is 13.2. The van der Waals surface area contributed by atoms with Crippen LogP contribution >= 0.6 is 0 Å². The number of nitrogens with one attached hydrogen (secondary N) is 1. The Kier molecular flexibility index (Phi) is 5.49. The summed E-state index contributed by atoms with van der Waals surface area (Å²) in [5, 5.41) is 7.87. The van der Waals surface area contributed by atoms with Crippen LogP contribution in [0.2, 0.25) is 0 Å². The van der Waals surface area contributed by atoms with Gasteiger partial charge in [-0.2, -0.15) is 5.10 Å². The lowest BCUT2D eigenvalue weighted by atomic mass is 10.4. The average Bonchev–Trinajstić information content (AvgIpc) is 2.50. The maximum absolute atomic E-state index is 4.44. The zero-order valence-electron chi connectivity index (χ0n) is 11.0. The first-order chi connectivity index (χ1) is 7.59. The van der Waals surface area contributed by atoms with Gasteiger partial charge in [0.25, 0.3) is 0 Å². The molecule has 0 atom stereocenters. The van der Waals surface area contributed by atoms with Crippen LogP contribution in [0.4, 0.5) is 0 Å². The van der Waals surface area contributed by atoms with Crippen LogP contribution in [0.1, 0.15) is 17.8 Å². The molecule has 0 aliphatic rings. The minimum atomic E-state index is 1.01. The normalized spacial score (nSPS) is 11.3. The second-order valence-corrected chi connectivity index (χ2v) is 4.56. The average molecular weight is 224 g/mol. The second-order valence-electron chi connectivity index (χ2n) is 4.56. The van der Waals surface area contributed by atoms with E-state index in [9.17, 15) is 0 Å². The third-order valence-electron chi connectivity index (χ3n) is 2.56. The van der Waals surface area contributed by atoms with Gasteiger partial charge in [-0.1, -0.05) is 0 Å². The third kappa shape index (κ3) is 4.77. The molecular formula is C12H24N4. The summed E-state index contributed by atoms with van der Waals surface area (Å²) in [7, 11) is 4.19. The van der Waals surface area contributed by atoms with Gasteiger partial charge in [0.1, 0.15) is 0 Å². The number of aromatic nitrogens is 2. The van der Waals surface area contributed by atoms with Gasteiger partial charge in [-0.25, -0.2) is 0 Å².